The molecule has 3 heteroatoms. The highest BCUT2D eigenvalue weighted by Crippen LogP contribution is 2.69. The Kier molecular flexibility index (Phi) is 2.05. The van der Waals surface area contributed by atoms with Gasteiger partial charge in [0, 0.05) is 11.0 Å². The van der Waals surface area contributed by atoms with Gasteiger partial charge in [0.25, 0.3) is 0 Å². The maximum absolute atomic E-state index is 13.4. The van der Waals surface area contributed by atoms with Gasteiger partial charge in [-0.15, -0.1) is 12.4 Å². The van der Waals surface area contributed by atoms with Gasteiger partial charge in [-0.25, -0.2) is 4.39 Å². The molecule has 2 bridgehead atoms. The number of hydrogen-bond acceptors (Lipinski definition) is 1. The first-order valence-corrected chi connectivity index (χ1v) is 4.10. The van der Waals surface area contributed by atoms with E-state index in [1.165, 1.54) is 0 Å². The van der Waals surface area contributed by atoms with Crippen LogP contribution in [0.3, 0.4) is 0 Å². The van der Waals surface area contributed by atoms with Gasteiger partial charge in [-0.3, -0.25) is 0 Å². The average molecular weight is 192 g/mol. The Bertz CT molecular complexity index is 223. The van der Waals surface area contributed by atoms with Crippen molar-refractivity contribution in [2.24, 2.45) is 11.1 Å². The molecule has 0 saturated heterocycles. The van der Waals surface area contributed by atoms with Crippen molar-refractivity contribution in [3.63, 3.8) is 0 Å². The van der Waals surface area contributed by atoms with E-state index < -0.39 is 0 Å². The Labute approximate surface area is 78.6 Å². The number of hydrogen-bond donors (Lipinski definition) is 1. The van der Waals surface area contributed by atoms with E-state index in [0.717, 1.165) is 24.8 Å². The van der Waals surface area contributed by atoms with Gasteiger partial charge >= 0.3 is 0 Å². The average Bonchev–Trinajstić information content (AvgIpc) is 1.77. The van der Waals surface area contributed by atoms with Crippen LogP contribution >= 0.6 is 12.4 Å². The molecule has 0 atom stereocenters. The lowest BCUT2D eigenvalue weighted by atomic mass is 9.39. The zero-order valence-electron chi connectivity index (χ0n) is 7.48. The Hall–Kier alpha value is -0.0800. The smallest absolute Gasteiger partial charge is 0.105 e. The third-order valence-electron chi connectivity index (χ3n) is 2.98. The molecule has 1 nitrogen and oxygen atoms in total. The summed E-state index contributed by atoms with van der Waals surface area (Å²) >= 11 is 0. The van der Waals surface area contributed by atoms with E-state index in [1.54, 1.807) is 0 Å². The van der Waals surface area contributed by atoms with Crippen molar-refractivity contribution < 1.29 is 4.39 Å². The fourth-order valence-corrected chi connectivity index (χ4v) is 2.63. The predicted molar refractivity (Wildman–Crippen MR) is 49.9 cm³/mol. The molecule has 0 unspecified atom stereocenters. The lowest BCUT2D eigenvalue weighted by molar-refractivity contribution is -0.114. The van der Waals surface area contributed by atoms with Crippen LogP contribution in [-0.4, -0.2) is 5.54 Å². The number of rotatable bonds is 1. The molecule has 3 aliphatic carbocycles. The summed E-state index contributed by atoms with van der Waals surface area (Å²) in [6.07, 6.45) is 2.62. The summed E-state index contributed by atoms with van der Waals surface area (Å²) in [4.78, 5) is 0. The molecule has 3 rings (SSSR count). The van der Waals surface area contributed by atoms with Crippen LogP contribution in [0.1, 0.15) is 33.1 Å². The molecule has 2 N–H and O–H groups in total. The van der Waals surface area contributed by atoms with Gasteiger partial charge in [0.15, 0.2) is 0 Å². The summed E-state index contributed by atoms with van der Waals surface area (Å²) < 4.78 is 13.4. The van der Waals surface area contributed by atoms with E-state index in [4.69, 9.17) is 5.73 Å². The molecule has 0 heterocycles. The first-order chi connectivity index (χ1) is 4.98. The quantitative estimate of drug-likeness (QED) is 0.678. The standard InChI is InChI=1S/C9H14FN.ClH/c1-6(2)7(10)8-3-9(11,4-8)5-8;/h3-5,11H2,1-2H3;1H. The Morgan fingerprint density at radius 3 is 1.92 bits per heavy atom. The SMILES string of the molecule is CC(C)=C(F)C12CC(N)(C1)C2.Cl. The minimum Gasteiger partial charge on any atom is -0.325 e. The van der Waals surface area contributed by atoms with Crippen molar-refractivity contribution >= 4 is 12.4 Å². The van der Waals surface area contributed by atoms with Crippen LogP contribution in [0.4, 0.5) is 4.39 Å². The van der Waals surface area contributed by atoms with Gasteiger partial charge in [0.1, 0.15) is 5.83 Å². The number of allylic oxidation sites excluding steroid dienone is 2. The monoisotopic (exact) mass is 191 g/mol. The normalized spacial score (nSPS) is 42.0. The van der Waals surface area contributed by atoms with Crippen LogP contribution < -0.4 is 5.73 Å². The molecule has 0 aliphatic heterocycles. The molecule has 0 spiro atoms. The van der Waals surface area contributed by atoms with Crippen molar-refractivity contribution in [3.05, 3.63) is 11.4 Å². The van der Waals surface area contributed by atoms with Gasteiger partial charge in [0.05, 0.1) is 0 Å². The van der Waals surface area contributed by atoms with Gasteiger partial charge in [0.2, 0.25) is 0 Å². The van der Waals surface area contributed by atoms with E-state index in [9.17, 15) is 4.39 Å². The molecule has 12 heavy (non-hydrogen) atoms. The third-order valence-corrected chi connectivity index (χ3v) is 2.98. The molecule has 0 aromatic heterocycles. The Morgan fingerprint density at radius 1 is 1.25 bits per heavy atom. The molecule has 0 aromatic carbocycles. The second-order valence-electron chi connectivity index (χ2n) is 4.49. The maximum Gasteiger partial charge on any atom is 0.105 e. The number of halogens is 2. The third kappa shape index (κ3) is 1.01. The zero-order chi connectivity index (χ0) is 8.28. The Morgan fingerprint density at radius 2 is 1.67 bits per heavy atom. The van der Waals surface area contributed by atoms with Crippen molar-refractivity contribution in [3.8, 4) is 0 Å². The van der Waals surface area contributed by atoms with Crippen LogP contribution in [0.2, 0.25) is 0 Å². The highest BCUT2D eigenvalue weighted by molar-refractivity contribution is 5.85. The highest BCUT2D eigenvalue weighted by Gasteiger charge is 2.68. The molecule has 3 saturated carbocycles. The molecule has 0 aromatic rings. The summed E-state index contributed by atoms with van der Waals surface area (Å²) in [5, 5.41) is 0. The molecule has 70 valence electrons. The largest absolute Gasteiger partial charge is 0.325 e. The van der Waals surface area contributed by atoms with Crippen LogP contribution in [0, 0.1) is 5.41 Å². The minimum absolute atomic E-state index is 0. The second kappa shape index (κ2) is 2.46. The highest BCUT2D eigenvalue weighted by atomic mass is 35.5. The van der Waals surface area contributed by atoms with Gasteiger partial charge < -0.3 is 5.73 Å². The van der Waals surface area contributed by atoms with E-state index in [2.05, 4.69) is 0 Å². The van der Waals surface area contributed by atoms with Crippen molar-refractivity contribution in [1.82, 2.24) is 0 Å². The fraction of sp³-hybridized carbons (Fsp3) is 0.778. The van der Waals surface area contributed by atoms with Gasteiger partial charge in [-0.1, -0.05) is 0 Å². The molecule has 3 aliphatic rings. The first-order valence-electron chi connectivity index (χ1n) is 4.10. The van der Waals surface area contributed by atoms with Crippen LogP contribution in [0.5, 0.6) is 0 Å². The molecule has 0 amide bonds. The van der Waals surface area contributed by atoms with Crippen molar-refractivity contribution in [2.45, 2.75) is 38.6 Å². The summed E-state index contributed by atoms with van der Waals surface area (Å²) in [7, 11) is 0. The molecule has 0 radical (unpaired) electrons. The van der Waals surface area contributed by atoms with Crippen molar-refractivity contribution in [1.29, 1.82) is 0 Å². The van der Waals surface area contributed by atoms with Crippen LogP contribution in [0.25, 0.3) is 0 Å². The van der Waals surface area contributed by atoms with Crippen molar-refractivity contribution in [2.75, 3.05) is 0 Å². The maximum atomic E-state index is 13.4. The summed E-state index contributed by atoms with van der Waals surface area (Å²) in [6.45, 7) is 3.66. The van der Waals surface area contributed by atoms with E-state index >= 15 is 0 Å². The van der Waals surface area contributed by atoms with E-state index in [0.29, 0.717) is 0 Å². The fourth-order valence-electron chi connectivity index (χ4n) is 2.63. The predicted octanol–water partition coefficient (Wildman–Crippen LogP) is 2.55. The first kappa shape index (κ1) is 10.0. The minimum atomic E-state index is -0.104. The van der Waals surface area contributed by atoms with Crippen LogP contribution in [-0.2, 0) is 0 Å². The van der Waals surface area contributed by atoms with Crippen LogP contribution in [0.15, 0.2) is 11.4 Å². The lowest BCUT2D eigenvalue weighted by Crippen LogP contribution is -2.72. The lowest BCUT2D eigenvalue weighted by Gasteiger charge is -2.68. The second-order valence-corrected chi connectivity index (χ2v) is 4.49. The summed E-state index contributed by atoms with van der Waals surface area (Å²) in [6, 6.07) is 0. The Balaban J connectivity index is 0.000000720. The van der Waals surface area contributed by atoms with Gasteiger partial charge in [-0.05, 0) is 38.7 Å². The molecular formula is C9H15ClFN. The number of nitrogens with two attached hydrogens (primary N) is 1. The van der Waals surface area contributed by atoms with Gasteiger partial charge in [-0.2, -0.15) is 0 Å². The molecule has 3 fully saturated rings. The summed E-state index contributed by atoms with van der Waals surface area (Å²) in [5.41, 5.74) is 6.56. The van der Waals surface area contributed by atoms with E-state index in [1.807, 2.05) is 13.8 Å². The zero-order valence-corrected chi connectivity index (χ0v) is 8.30. The molecular weight excluding hydrogens is 177 g/mol. The van der Waals surface area contributed by atoms with E-state index in [-0.39, 0.29) is 29.2 Å². The topological polar surface area (TPSA) is 26.0 Å². The summed E-state index contributed by atoms with van der Waals surface area (Å²) in [5.74, 6) is 0.102.